The lowest BCUT2D eigenvalue weighted by Crippen LogP contribution is -1.91. The first-order valence-electron chi connectivity index (χ1n) is 4.67. The zero-order chi connectivity index (χ0) is 11.5. The molecule has 1 aromatic heterocycles. The second kappa shape index (κ2) is 4.10. The number of rotatable bonds is 3. The van der Waals surface area contributed by atoms with E-state index in [1.54, 1.807) is 7.11 Å². The maximum atomic E-state index is 10.6. The summed E-state index contributed by atoms with van der Waals surface area (Å²) in [6.45, 7) is 0. The van der Waals surface area contributed by atoms with Crippen molar-refractivity contribution < 1.29 is 19.1 Å². The van der Waals surface area contributed by atoms with E-state index in [0.29, 0.717) is 0 Å². The molecule has 1 heterocycles. The summed E-state index contributed by atoms with van der Waals surface area (Å²) in [7, 11) is 1.59. The second-order valence-electron chi connectivity index (χ2n) is 3.23. The van der Waals surface area contributed by atoms with Gasteiger partial charge in [-0.25, -0.2) is 4.79 Å². The number of aromatic carboxylic acids is 1. The Hall–Kier alpha value is -2.23. The minimum absolute atomic E-state index is 0.0641. The molecule has 0 radical (unpaired) electrons. The van der Waals surface area contributed by atoms with E-state index in [9.17, 15) is 4.79 Å². The van der Waals surface area contributed by atoms with Crippen molar-refractivity contribution in [2.75, 3.05) is 7.11 Å². The Morgan fingerprint density at radius 3 is 2.44 bits per heavy atom. The first-order valence-corrected chi connectivity index (χ1v) is 4.67. The fourth-order valence-electron chi connectivity index (χ4n) is 1.38. The number of ether oxygens (including phenoxy) is 1. The van der Waals surface area contributed by atoms with Crippen LogP contribution < -0.4 is 4.74 Å². The summed E-state index contributed by atoms with van der Waals surface area (Å²) in [5, 5.41) is 8.71. The number of methoxy groups -OCH3 is 1. The fraction of sp³-hybridized carbons (Fsp3) is 0.0833. The van der Waals surface area contributed by atoms with Crippen LogP contribution in [0.1, 0.15) is 10.6 Å². The maximum Gasteiger partial charge on any atom is 0.371 e. The molecule has 0 unspecified atom stereocenters. The zero-order valence-electron chi connectivity index (χ0n) is 8.64. The number of hydrogen-bond acceptors (Lipinski definition) is 3. The molecule has 0 aliphatic heterocycles. The van der Waals surface area contributed by atoms with Gasteiger partial charge in [0.25, 0.3) is 0 Å². The van der Waals surface area contributed by atoms with Gasteiger partial charge in [-0.1, -0.05) is 12.1 Å². The normalized spacial score (nSPS) is 10.1. The Kier molecular flexibility index (Phi) is 2.64. The molecule has 0 saturated heterocycles. The van der Waals surface area contributed by atoms with Crippen LogP contribution in [0.15, 0.2) is 41.0 Å². The van der Waals surface area contributed by atoms with Crippen molar-refractivity contribution in [3.05, 3.63) is 42.4 Å². The summed E-state index contributed by atoms with van der Waals surface area (Å²) in [5.41, 5.74) is 1.62. The molecule has 1 N–H and O–H groups in total. The van der Waals surface area contributed by atoms with Crippen molar-refractivity contribution in [1.29, 1.82) is 0 Å². The predicted octanol–water partition coefficient (Wildman–Crippen LogP) is 2.65. The van der Waals surface area contributed by atoms with Gasteiger partial charge in [-0.2, -0.15) is 0 Å². The highest BCUT2D eigenvalue weighted by Gasteiger charge is 2.09. The molecule has 0 aliphatic carbocycles. The van der Waals surface area contributed by atoms with Crippen LogP contribution in [0.25, 0.3) is 11.1 Å². The lowest BCUT2D eigenvalue weighted by Gasteiger charge is -2.00. The minimum Gasteiger partial charge on any atom is -0.497 e. The molecule has 16 heavy (non-hydrogen) atoms. The van der Waals surface area contributed by atoms with E-state index in [2.05, 4.69) is 0 Å². The molecular weight excluding hydrogens is 208 g/mol. The van der Waals surface area contributed by atoms with Crippen LogP contribution in [0.5, 0.6) is 5.75 Å². The first kappa shape index (κ1) is 10.3. The van der Waals surface area contributed by atoms with E-state index >= 15 is 0 Å². The van der Waals surface area contributed by atoms with Crippen LogP contribution >= 0.6 is 0 Å². The van der Waals surface area contributed by atoms with Gasteiger partial charge in [0, 0.05) is 5.56 Å². The van der Waals surface area contributed by atoms with Crippen LogP contribution in [0.3, 0.4) is 0 Å². The molecule has 0 atom stereocenters. The van der Waals surface area contributed by atoms with E-state index in [0.717, 1.165) is 16.9 Å². The molecule has 0 saturated carbocycles. The van der Waals surface area contributed by atoms with Gasteiger partial charge in [-0.05, 0) is 23.8 Å². The van der Waals surface area contributed by atoms with Gasteiger partial charge in [0.05, 0.1) is 13.4 Å². The molecule has 2 rings (SSSR count). The number of carboxylic acid groups (broad SMARTS) is 1. The average Bonchev–Trinajstić information content (AvgIpc) is 2.78. The highest BCUT2D eigenvalue weighted by molar-refractivity contribution is 5.86. The average molecular weight is 218 g/mol. The highest BCUT2D eigenvalue weighted by Crippen LogP contribution is 2.24. The zero-order valence-corrected chi connectivity index (χ0v) is 8.64. The number of carbonyl (C=O) groups is 1. The van der Waals surface area contributed by atoms with Crippen LogP contribution in [0.4, 0.5) is 0 Å². The molecular formula is C12H10O4. The van der Waals surface area contributed by atoms with Crippen LogP contribution in [-0.4, -0.2) is 18.2 Å². The lowest BCUT2D eigenvalue weighted by atomic mass is 10.1. The topological polar surface area (TPSA) is 59.7 Å². The standard InChI is InChI=1S/C12H10O4/c1-15-10-4-2-8(3-5-10)9-6-11(12(13)14)16-7-9/h2-7H,1H3,(H,13,14). The Bertz CT molecular complexity index is 496. The van der Waals surface area contributed by atoms with Gasteiger partial charge in [0.2, 0.25) is 5.76 Å². The summed E-state index contributed by atoms with van der Waals surface area (Å²) in [6, 6.07) is 8.79. The Balaban J connectivity index is 2.31. The molecule has 4 heteroatoms. The van der Waals surface area contributed by atoms with Crippen molar-refractivity contribution in [2.45, 2.75) is 0 Å². The van der Waals surface area contributed by atoms with Gasteiger partial charge < -0.3 is 14.3 Å². The fourth-order valence-corrected chi connectivity index (χ4v) is 1.38. The Labute approximate surface area is 92.1 Å². The summed E-state index contributed by atoms with van der Waals surface area (Å²) >= 11 is 0. The molecule has 0 spiro atoms. The molecule has 2 aromatic rings. The molecule has 0 amide bonds. The first-order chi connectivity index (χ1) is 7.70. The second-order valence-corrected chi connectivity index (χ2v) is 3.23. The Morgan fingerprint density at radius 1 is 1.25 bits per heavy atom. The van der Waals surface area contributed by atoms with Crippen molar-refractivity contribution in [3.63, 3.8) is 0 Å². The Morgan fingerprint density at radius 2 is 1.94 bits per heavy atom. The van der Waals surface area contributed by atoms with Crippen molar-refractivity contribution in [3.8, 4) is 16.9 Å². The molecule has 0 aliphatic rings. The van der Waals surface area contributed by atoms with Crippen LogP contribution in [0.2, 0.25) is 0 Å². The van der Waals surface area contributed by atoms with E-state index in [1.807, 2.05) is 24.3 Å². The van der Waals surface area contributed by atoms with E-state index in [4.69, 9.17) is 14.3 Å². The smallest absolute Gasteiger partial charge is 0.371 e. The van der Waals surface area contributed by atoms with Crippen LogP contribution in [-0.2, 0) is 0 Å². The van der Waals surface area contributed by atoms with Gasteiger partial charge in [0.15, 0.2) is 0 Å². The third-order valence-corrected chi connectivity index (χ3v) is 2.23. The van der Waals surface area contributed by atoms with Crippen molar-refractivity contribution in [1.82, 2.24) is 0 Å². The molecule has 4 nitrogen and oxygen atoms in total. The van der Waals surface area contributed by atoms with Gasteiger partial charge in [-0.3, -0.25) is 0 Å². The largest absolute Gasteiger partial charge is 0.497 e. The number of carboxylic acids is 1. The minimum atomic E-state index is -1.07. The maximum absolute atomic E-state index is 10.6. The van der Waals surface area contributed by atoms with Gasteiger partial charge in [0.1, 0.15) is 5.75 Å². The number of hydrogen-bond donors (Lipinski definition) is 1. The van der Waals surface area contributed by atoms with Crippen LogP contribution in [0, 0.1) is 0 Å². The van der Waals surface area contributed by atoms with Gasteiger partial charge >= 0.3 is 5.97 Å². The van der Waals surface area contributed by atoms with Crippen molar-refractivity contribution in [2.24, 2.45) is 0 Å². The monoisotopic (exact) mass is 218 g/mol. The molecule has 0 fully saturated rings. The highest BCUT2D eigenvalue weighted by atomic mass is 16.5. The van der Waals surface area contributed by atoms with Crippen molar-refractivity contribution >= 4 is 5.97 Å². The summed E-state index contributed by atoms with van der Waals surface area (Å²) < 4.78 is 9.94. The van der Waals surface area contributed by atoms with E-state index in [-0.39, 0.29) is 5.76 Å². The number of benzene rings is 1. The molecule has 1 aromatic carbocycles. The predicted molar refractivity (Wildman–Crippen MR) is 57.7 cm³/mol. The van der Waals surface area contributed by atoms with E-state index in [1.165, 1.54) is 12.3 Å². The third kappa shape index (κ3) is 1.91. The molecule has 0 bridgehead atoms. The van der Waals surface area contributed by atoms with Gasteiger partial charge in [-0.15, -0.1) is 0 Å². The molecule has 82 valence electrons. The summed E-state index contributed by atoms with van der Waals surface area (Å²) in [5.74, 6) is -0.378. The SMILES string of the molecule is COc1ccc(-c2coc(C(=O)O)c2)cc1. The number of furan rings is 1. The quantitative estimate of drug-likeness (QED) is 0.860. The lowest BCUT2D eigenvalue weighted by molar-refractivity contribution is 0.0662. The van der Waals surface area contributed by atoms with E-state index < -0.39 is 5.97 Å². The summed E-state index contributed by atoms with van der Waals surface area (Å²) in [4.78, 5) is 10.6. The third-order valence-electron chi connectivity index (χ3n) is 2.23. The summed E-state index contributed by atoms with van der Waals surface area (Å²) in [6.07, 6.45) is 1.42.